The fourth-order valence-electron chi connectivity index (χ4n) is 1.80. The fourth-order valence-corrected chi connectivity index (χ4v) is 1.80. The first-order valence-corrected chi connectivity index (χ1v) is 8.12. The van der Waals surface area contributed by atoms with Gasteiger partial charge in [-0.15, -0.1) is 0 Å². The van der Waals surface area contributed by atoms with Crippen molar-refractivity contribution in [3.05, 3.63) is 18.0 Å². The van der Waals surface area contributed by atoms with Crippen LogP contribution in [0.25, 0.3) is 0 Å². The highest BCUT2D eigenvalue weighted by molar-refractivity contribution is 5.79. The molecule has 148 valence electrons. The van der Waals surface area contributed by atoms with Crippen LogP contribution in [0, 0.1) is 0 Å². The van der Waals surface area contributed by atoms with Crippen molar-refractivity contribution >= 4 is 11.9 Å². The van der Waals surface area contributed by atoms with E-state index >= 15 is 0 Å². The maximum absolute atomic E-state index is 12.6. The fraction of sp³-hybridized carbons (Fsp3) is 0.667. The van der Waals surface area contributed by atoms with Crippen LogP contribution in [0.4, 0.5) is 19.1 Å². The van der Waals surface area contributed by atoms with Crippen LogP contribution in [0.5, 0.6) is 0 Å². The third kappa shape index (κ3) is 9.37. The van der Waals surface area contributed by atoms with Gasteiger partial charge in [0.25, 0.3) is 0 Å². The zero-order valence-electron chi connectivity index (χ0n) is 14.9. The van der Waals surface area contributed by atoms with Gasteiger partial charge in [0.2, 0.25) is 5.95 Å². The Morgan fingerprint density at radius 1 is 1.15 bits per heavy atom. The lowest BCUT2D eigenvalue weighted by Gasteiger charge is -2.13. The molecule has 11 heteroatoms. The molecule has 1 aromatic rings. The third-order valence-electron chi connectivity index (χ3n) is 3.06. The monoisotopic (exact) mass is 378 g/mol. The second-order valence-electron chi connectivity index (χ2n) is 5.07. The largest absolute Gasteiger partial charge is 0.433 e. The molecule has 26 heavy (non-hydrogen) atoms. The van der Waals surface area contributed by atoms with Crippen molar-refractivity contribution in [1.29, 1.82) is 0 Å². The predicted octanol–water partition coefficient (Wildman–Crippen LogP) is 1.13. The van der Waals surface area contributed by atoms with Crippen molar-refractivity contribution in [3.63, 3.8) is 0 Å². The zero-order valence-corrected chi connectivity index (χ0v) is 14.9. The van der Waals surface area contributed by atoms with Crippen molar-refractivity contribution in [2.45, 2.75) is 12.6 Å². The van der Waals surface area contributed by atoms with Crippen LogP contribution >= 0.6 is 0 Å². The summed E-state index contributed by atoms with van der Waals surface area (Å²) in [6, 6.07) is 0.828. The number of alkyl halides is 3. The van der Waals surface area contributed by atoms with E-state index in [0.29, 0.717) is 45.4 Å². The maximum atomic E-state index is 12.6. The summed E-state index contributed by atoms with van der Waals surface area (Å²) in [4.78, 5) is 11.2. The second-order valence-corrected chi connectivity index (χ2v) is 5.07. The normalized spacial score (nSPS) is 12.1. The Labute approximate surface area is 150 Å². The minimum absolute atomic E-state index is 0.0715. The van der Waals surface area contributed by atoms with E-state index < -0.39 is 11.9 Å². The van der Waals surface area contributed by atoms with E-state index in [2.05, 4.69) is 30.9 Å². The SMILES string of the molecule is CN=C(NCCCOCCOC)NCCNc1nccc(C(F)(F)F)n1. The average Bonchev–Trinajstić information content (AvgIpc) is 2.62. The Morgan fingerprint density at radius 2 is 1.92 bits per heavy atom. The smallest absolute Gasteiger partial charge is 0.382 e. The Hall–Kier alpha value is -2.14. The molecule has 0 unspecified atom stereocenters. The Morgan fingerprint density at radius 3 is 2.62 bits per heavy atom. The summed E-state index contributed by atoms with van der Waals surface area (Å²) in [5, 5.41) is 8.87. The molecule has 1 heterocycles. The van der Waals surface area contributed by atoms with Crippen LogP contribution in [-0.4, -0.2) is 69.5 Å². The number of methoxy groups -OCH3 is 1. The first kappa shape index (κ1) is 21.9. The number of anilines is 1. The summed E-state index contributed by atoms with van der Waals surface area (Å²) in [5.41, 5.74) is -0.979. The van der Waals surface area contributed by atoms with E-state index in [1.807, 2.05) is 0 Å². The molecule has 0 aliphatic rings. The number of hydrogen-bond donors (Lipinski definition) is 3. The van der Waals surface area contributed by atoms with Gasteiger partial charge in [0, 0.05) is 46.6 Å². The van der Waals surface area contributed by atoms with Crippen molar-refractivity contribution < 1.29 is 22.6 Å². The van der Waals surface area contributed by atoms with Gasteiger partial charge in [0.1, 0.15) is 5.69 Å². The maximum Gasteiger partial charge on any atom is 0.433 e. The molecule has 0 amide bonds. The Kier molecular flexibility index (Phi) is 10.3. The highest BCUT2D eigenvalue weighted by atomic mass is 19.4. The van der Waals surface area contributed by atoms with Crippen LogP contribution in [-0.2, 0) is 15.7 Å². The van der Waals surface area contributed by atoms with Crippen LogP contribution in [0.3, 0.4) is 0 Å². The molecule has 0 aliphatic heterocycles. The van der Waals surface area contributed by atoms with E-state index in [1.54, 1.807) is 14.2 Å². The lowest BCUT2D eigenvalue weighted by atomic mass is 10.4. The molecule has 3 N–H and O–H groups in total. The van der Waals surface area contributed by atoms with Gasteiger partial charge in [-0.05, 0) is 12.5 Å². The molecule has 0 aromatic carbocycles. The molecule has 8 nitrogen and oxygen atoms in total. The lowest BCUT2D eigenvalue weighted by Crippen LogP contribution is -2.40. The number of halogens is 3. The number of ether oxygens (including phenoxy) is 2. The summed E-state index contributed by atoms with van der Waals surface area (Å²) in [6.07, 6.45) is -2.61. The van der Waals surface area contributed by atoms with Gasteiger partial charge in [-0.1, -0.05) is 0 Å². The number of guanidine groups is 1. The van der Waals surface area contributed by atoms with Gasteiger partial charge in [-0.2, -0.15) is 13.2 Å². The summed E-state index contributed by atoms with van der Waals surface area (Å²) in [5.74, 6) is 0.520. The number of hydrogen-bond acceptors (Lipinski definition) is 6. The first-order valence-electron chi connectivity index (χ1n) is 8.12. The summed E-state index contributed by atoms with van der Waals surface area (Å²) >= 11 is 0. The minimum atomic E-state index is -4.49. The van der Waals surface area contributed by atoms with Crippen LogP contribution in [0.2, 0.25) is 0 Å². The summed E-state index contributed by atoms with van der Waals surface area (Å²) in [7, 11) is 3.25. The Bertz CT molecular complexity index is 542. The van der Waals surface area contributed by atoms with Gasteiger partial charge in [0.05, 0.1) is 13.2 Å². The molecule has 1 rings (SSSR count). The molecular weight excluding hydrogens is 353 g/mol. The Balaban J connectivity index is 2.19. The summed E-state index contributed by atoms with van der Waals surface area (Å²) in [6.45, 7) is 3.19. The molecule has 0 aliphatic carbocycles. The van der Waals surface area contributed by atoms with Gasteiger partial charge in [0.15, 0.2) is 5.96 Å². The van der Waals surface area contributed by atoms with Crippen LogP contribution in [0.1, 0.15) is 12.1 Å². The van der Waals surface area contributed by atoms with Crippen molar-refractivity contribution in [3.8, 4) is 0 Å². The van der Waals surface area contributed by atoms with E-state index in [1.165, 1.54) is 0 Å². The van der Waals surface area contributed by atoms with E-state index in [9.17, 15) is 13.2 Å². The van der Waals surface area contributed by atoms with Crippen LogP contribution in [0.15, 0.2) is 17.3 Å². The number of nitrogens with one attached hydrogen (secondary N) is 3. The van der Waals surface area contributed by atoms with Gasteiger partial charge in [-0.3, -0.25) is 4.99 Å². The van der Waals surface area contributed by atoms with Gasteiger partial charge < -0.3 is 25.4 Å². The van der Waals surface area contributed by atoms with E-state index in [4.69, 9.17) is 9.47 Å². The molecule has 0 saturated heterocycles. The minimum Gasteiger partial charge on any atom is -0.382 e. The first-order chi connectivity index (χ1) is 12.5. The zero-order chi connectivity index (χ0) is 19.3. The lowest BCUT2D eigenvalue weighted by molar-refractivity contribution is -0.141. The van der Waals surface area contributed by atoms with E-state index in [0.717, 1.165) is 18.7 Å². The standard InChI is InChI=1S/C15H25F3N6O2/c1-19-13(20-5-3-9-26-11-10-25-2)22-7-8-23-14-21-6-4-12(24-14)15(16,17)18/h4,6H,3,5,7-11H2,1-2H3,(H2,19,20,22)(H,21,23,24). The number of nitrogens with zero attached hydrogens (tertiary/aromatic N) is 3. The molecule has 0 spiro atoms. The molecule has 0 saturated carbocycles. The number of aliphatic imine (C=N–C) groups is 1. The molecule has 0 atom stereocenters. The van der Waals surface area contributed by atoms with Crippen molar-refractivity contribution in [2.24, 2.45) is 4.99 Å². The third-order valence-corrected chi connectivity index (χ3v) is 3.06. The number of aromatic nitrogens is 2. The summed E-state index contributed by atoms with van der Waals surface area (Å²) < 4.78 is 47.9. The van der Waals surface area contributed by atoms with Gasteiger partial charge in [-0.25, -0.2) is 9.97 Å². The molecule has 0 radical (unpaired) electrons. The molecule has 0 bridgehead atoms. The molecule has 0 fully saturated rings. The molecular formula is C15H25F3N6O2. The highest BCUT2D eigenvalue weighted by Crippen LogP contribution is 2.27. The quantitative estimate of drug-likeness (QED) is 0.302. The van der Waals surface area contributed by atoms with Gasteiger partial charge >= 0.3 is 6.18 Å². The van der Waals surface area contributed by atoms with Crippen molar-refractivity contribution in [1.82, 2.24) is 20.6 Å². The molecule has 1 aromatic heterocycles. The second kappa shape index (κ2) is 12.3. The van der Waals surface area contributed by atoms with Crippen molar-refractivity contribution in [2.75, 3.05) is 58.9 Å². The number of rotatable bonds is 11. The topological polar surface area (TPSA) is 92.7 Å². The average molecular weight is 378 g/mol. The predicted molar refractivity (Wildman–Crippen MR) is 92.2 cm³/mol. The van der Waals surface area contributed by atoms with E-state index in [-0.39, 0.29) is 5.95 Å². The van der Waals surface area contributed by atoms with Crippen LogP contribution < -0.4 is 16.0 Å². The highest BCUT2D eigenvalue weighted by Gasteiger charge is 2.32.